The highest BCUT2D eigenvalue weighted by Gasteiger charge is 2.19. The van der Waals surface area contributed by atoms with Crippen LogP contribution in [-0.2, 0) is 6.54 Å². The van der Waals surface area contributed by atoms with Crippen molar-refractivity contribution in [2.24, 2.45) is 0 Å². The Bertz CT molecular complexity index is 337. The first-order chi connectivity index (χ1) is 8.38. The van der Waals surface area contributed by atoms with Gasteiger partial charge in [0.2, 0.25) is 0 Å². The summed E-state index contributed by atoms with van der Waals surface area (Å²) < 4.78 is 0. The molecule has 17 heavy (non-hydrogen) atoms. The zero-order valence-corrected chi connectivity index (χ0v) is 12.1. The molecule has 1 aromatic rings. The third-order valence-corrected chi connectivity index (χ3v) is 4.61. The van der Waals surface area contributed by atoms with Gasteiger partial charge in [-0.15, -0.1) is 11.8 Å². The predicted octanol–water partition coefficient (Wildman–Crippen LogP) is 3.78. The average Bonchev–Trinajstić information content (AvgIpc) is 3.17. The summed E-state index contributed by atoms with van der Waals surface area (Å²) in [5.41, 5.74) is 1.42. The van der Waals surface area contributed by atoms with Crippen LogP contribution in [0.4, 0.5) is 0 Å². The molecular weight excluding hydrogens is 246 g/mol. The molecule has 1 N–H and O–H groups in total. The maximum Gasteiger partial charge on any atom is 0.0208 e. The predicted molar refractivity (Wildman–Crippen MR) is 80.0 cm³/mol. The van der Waals surface area contributed by atoms with Gasteiger partial charge in [0.05, 0.1) is 0 Å². The van der Waals surface area contributed by atoms with Gasteiger partial charge in [-0.2, -0.15) is 11.8 Å². The lowest BCUT2D eigenvalue weighted by molar-refractivity contribution is 0.687. The third-order valence-electron chi connectivity index (χ3n) is 2.83. The molecule has 0 aliphatic heterocycles. The SMILES string of the molecule is CSCCCSc1cccc(CNC2CC2)c1. The Morgan fingerprint density at radius 1 is 1.29 bits per heavy atom. The van der Waals surface area contributed by atoms with E-state index >= 15 is 0 Å². The van der Waals surface area contributed by atoms with Gasteiger partial charge in [-0.1, -0.05) is 12.1 Å². The number of thioether (sulfide) groups is 2. The third kappa shape index (κ3) is 5.36. The van der Waals surface area contributed by atoms with Crippen LogP contribution in [0.15, 0.2) is 29.2 Å². The van der Waals surface area contributed by atoms with Crippen molar-refractivity contribution in [2.75, 3.05) is 17.8 Å². The largest absolute Gasteiger partial charge is 0.310 e. The minimum Gasteiger partial charge on any atom is -0.310 e. The lowest BCUT2D eigenvalue weighted by Crippen LogP contribution is -2.15. The molecule has 0 heterocycles. The van der Waals surface area contributed by atoms with Crippen LogP contribution < -0.4 is 5.32 Å². The molecule has 0 bridgehead atoms. The Balaban J connectivity index is 1.74. The van der Waals surface area contributed by atoms with E-state index in [1.165, 1.54) is 41.2 Å². The molecule has 1 aliphatic carbocycles. The van der Waals surface area contributed by atoms with Crippen molar-refractivity contribution in [1.29, 1.82) is 0 Å². The van der Waals surface area contributed by atoms with Crippen molar-refractivity contribution >= 4 is 23.5 Å². The maximum absolute atomic E-state index is 3.56. The summed E-state index contributed by atoms with van der Waals surface area (Å²) in [5.74, 6) is 2.51. The fraction of sp³-hybridized carbons (Fsp3) is 0.571. The van der Waals surface area contributed by atoms with E-state index in [-0.39, 0.29) is 0 Å². The van der Waals surface area contributed by atoms with E-state index in [1.807, 2.05) is 23.5 Å². The van der Waals surface area contributed by atoms with Crippen LogP contribution in [0.1, 0.15) is 24.8 Å². The van der Waals surface area contributed by atoms with Crippen LogP contribution in [0.2, 0.25) is 0 Å². The van der Waals surface area contributed by atoms with Crippen molar-refractivity contribution in [3.05, 3.63) is 29.8 Å². The Hall–Kier alpha value is -0.120. The standard InChI is InChI=1S/C14H21NS2/c1-16-8-3-9-17-14-5-2-4-12(10-14)11-15-13-6-7-13/h2,4-5,10,13,15H,3,6-9,11H2,1H3. The smallest absolute Gasteiger partial charge is 0.0208 e. The molecule has 1 aromatic carbocycles. The number of rotatable bonds is 8. The Labute approximate surface area is 113 Å². The van der Waals surface area contributed by atoms with Crippen molar-refractivity contribution in [1.82, 2.24) is 5.32 Å². The van der Waals surface area contributed by atoms with Gasteiger partial charge >= 0.3 is 0 Å². The first kappa shape index (κ1) is 13.3. The Kier molecular flexibility index (Phi) is 5.75. The quantitative estimate of drug-likeness (QED) is 0.568. The summed E-state index contributed by atoms with van der Waals surface area (Å²) in [4.78, 5) is 1.42. The summed E-state index contributed by atoms with van der Waals surface area (Å²) >= 11 is 3.92. The van der Waals surface area contributed by atoms with Crippen molar-refractivity contribution in [3.63, 3.8) is 0 Å². The van der Waals surface area contributed by atoms with E-state index in [4.69, 9.17) is 0 Å². The van der Waals surface area contributed by atoms with E-state index in [1.54, 1.807) is 0 Å². The van der Waals surface area contributed by atoms with Gasteiger partial charge in [0.15, 0.2) is 0 Å². The highest BCUT2D eigenvalue weighted by atomic mass is 32.2. The number of hydrogen-bond acceptors (Lipinski definition) is 3. The molecule has 1 fully saturated rings. The van der Waals surface area contributed by atoms with Gasteiger partial charge in [0.1, 0.15) is 0 Å². The lowest BCUT2D eigenvalue weighted by atomic mass is 10.2. The molecule has 0 unspecified atom stereocenters. The Morgan fingerprint density at radius 2 is 2.18 bits per heavy atom. The Morgan fingerprint density at radius 3 is 2.94 bits per heavy atom. The fourth-order valence-electron chi connectivity index (χ4n) is 1.69. The molecule has 0 amide bonds. The number of benzene rings is 1. The highest BCUT2D eigenvalue weighted by Crippen LogP contribution is 2.22. The number of hydrogen-bond donors (Lipinski definition) is 1. The zero-order valence-electron chi connectivity index (χ0n) is 10.4. The first-order valence-corrected chi connectivity index (χ1v) is 8.70. The van der Waals surface area contributed by atoms with Crippen LogP contribution >= 0.6 is 23.5 Å². The van der Waals surface area contributed by atoms with Crippen LogP contribution in [0.5, 0.6) is 0 Å². The second kappa shape index (κ2) is 7.34. The fourth-order valence-corrected chi connectivity index (χ4v) is 3.24. The normalized spacial score (nSPS) is 15.1. The molecule has 0 saturated heterocycles. The van der Waals surface area contributed by atoms with Crippen LogP contribution in [0.25, 0.3) is 0 Å². The van der Waals surface area contributed by atoms with Crippen molar-refractivity contribution in [2.45, 2.75) is 36.7 Å². The molecular formula is C14H21NS2. The summed E-state index contributed by atoms with van der Waals surface area (Å²) in [6.07, 6.45) is 6.21. The van der Waals surface area contributed by atoms with E-state index < -0.39 is 0 Å². The van der Waals surface area contributed by atoms with E-state index in [0.717, 1.165) is 12.6 Å². The summed E-state index contributed by atoms with van der Waals surface area (Å²) in [7, 11) is 0. The summed E-state index contributed by atoms with van der Waals surface area (Å²) in [5, 5.41) is 3.56. The molecule has 1 aliphatic rings. The topological polar surface area (TPSA) is 12.0 Å². The lowest BCUT2D eigenvalue weighted by Gasteiger charge is -2.06. The molecule has 0 spiro atoms. The van der Waals surface area contributed by atoms with Crippen LogP contribution in [-0.4, -0.2) is 23.8 Å². The monoisotopic (exact) mass is 267 g/mol. The summed E-state index contributed by atoms with van der Waals surface area (Å²) in [6.45, 7) is 1.03. The molecule has 2 rings (SSSR count). The van der Waals surface area contributed by atoms with Gasteiger partial charge in [0, 0.05) is 17.5 Å². The molecule has 1 saturated carbocycles. The minimum atomic E-state index is 0.799. The molecule has 1 nitrogen and oxygen atoms in total. The zero-order chi connectivity index (χ0) is 11.9. The highest BCUT2D eigenvalue weighted by molar-refractivity contribution is 7.99. The molecule has 0 atom stereocenters. The molecule has 3 heteroatoms. The second-order valence-electron chi connectivity index (χ2n) is 4.50. The molecule has 0 radical (unpaired) electrons. The van der Waals surface area contributed by atoms with Gasteiger partial charge < -0.3 is 5.32 Å². The van der Waals surface area contributed by atoms with E-state index in [9.17, 15) is 0 Å². The molecule has 94 valence electrons. The van der Waals surface area contributed by atoms with Gasteiger partial charge in [-0.3, -0.25) is 0 Å². The van der Waals surface area contributed by atoms with E-state index in [2.05, 4.69) is 35.8 Å². The summed E-state index contributed by atoms with van der Waals surface area (Å²) in [6, 6.07) is 9.76. The number of nitrogens with one attached hydrogen (secondary N) is 1. The van der Waals surface area contributed by atoms with Gasteiger partial charge in [-0.05, 0) is 54.7 Å². The second-order valence-corrected chi connectivity index (χ2v) is 6.65. The van der Waals surface area contributed by atoms with Gasteiger partial charge in [0.25, 0.3) is 0 Å². The van der Waals surface area contributed by atoms with Crippen LogP contribution in [0, 0.1) is 0 Å². The van der Waals surface area contributed by atoms with Crippen LogP contribution in [0.3, 0.4) is 0 Å². The van der Waals surface area contributed by atoms with E-state index in [0.29, 0.717) is 0 Å². The molecule has 0 aromatic heterocycles. The first-order valence-electron chi connectivity index (χ1n) is 6.32. The van der Waals surface area contributed by atoms with Crippen molar-refractivity contribution in [3.8, 4) is 0 Å². The minimum absolute atomic E-state index is 0.799. The maximum atomic E-state index is 3.56. The average molecular weight is 267 g/mol. The van der Waals surface area contributed by atoms with Crippen molar-refractivity contribution < 1.29 is 0 Å². The van der Waals surface area contributed by atoms with Gasteiger partial charge in [-0.25, -0.2) is 0 Å².